The van der Waals surface area contributed by atoms with Crippen molar-refractivity contribution in [3.63, 3.8) is 0 Å². The van der Waals surface area contributed by atoms with E-state index in [4.69, 9.17) is 26.9 Å². The second kappa shape index (κ2) is 17.4. The van der Waals surface area contributed by atoms with Crippen molar-refractivity contribution in [3.05, 3.63) is 71.2 Å². The molecule has 0 saturated carbocycles. The normalized spacial score (nSPS) is 13.2. The number of halogens is 2. The van der Waals surface area contributed by atoms with Crippen LogP contribution in [0.4, 0.5) is 15.9 Å². The molecule has 2 amide bonds. The molecule has 0 aliphatic carbocycles. The Bertz CT molecular complexity index is 1260. The molecule has 1 saturated heterocycles. The highest BCUT2D eigenvalue weighted by molar-refractivity contribution is 6.30. The van der Waals surface area contributed by atoms with Crippen LogP contribution in [0.5, 0.6) is 5.75 Å². The number of pyridine rings is 1. The van der Waals surface area contributed by atoms with Crippen molar-refractivity contribution in [1.29, 1.82) is 5.41 Å². The minimum atomic E-state index is -1.15. The largest absolute Gasteiger partial charge is 0.482 e. The molecule has 0 bridgehead atoms. The highest BCUT2D eigenvalue weighted by Gasteiger charge is 2.17. The quantitative estimate of drug-likeness (QED) is 0.150. The number of carbonyl (C=O) groups is 3. The Kier molecular flexibility index (Phi) is 14.0. The standard InChI is InChI=1S/C20H20ClN3O5.C9H15FN2/c1-3-4-12(2)19(27)23-16-7-6-14(29-11-18(25)26)9-15(16)20(28)24-17-8-5-13(21)10-22-17;10-6-4-5-9(11)12-7-2-1-3-8-12/h4-10H,3,11H2,1-2H3,(H,23,27)(H,25,26)(H,22,24,28);4,6,11H,1-3,5,7-8H2/b12-4+;6-4+,11-9?. The average molecular weight is 588 g/mol. The number of anilines is 2. The van der Waals surface area contributed by atoms with E-state index >= 15 is 0 Å². The highest BCUT2D eigenvalue weighted by atomic mass is 35.5. The molecule has 1 aromatic heterocycles. The molecule has 41 heavy (non-hydrogen) atoms. The van der Waals surface area contributed by atoms with E-state index < -0.39 is 18.5 Å². The molecule has 3 rings (SSSR count). The number of hydrogen-bond acceptors (Lipinski definition) is 6. The van der Waals surface area contributed by atoms with Gasteiger partial charge in [0.25, 0.3) is 11.8 Å². The monoisotopic (exact) mass is 587 g/mol. The average Bonchev–Trinajstić information content (AvgIpc) is 2.97. The maximum atomic E-state index is 12.8. The highest BCUT2D eigenvalue weighted by Crippen LogP contribution is 2.24. The van der Waals surface area contributed by atoms with Crippen LogP contribution < -0.4 is 15.4 Å². The Labute approximate surface area is 243 Å². The number of carboxylic acid groups (broad SMARTS) is 1. The predicted octanol–water partition coefficient (Wildman–Crippen LogP) is 6.07. The van der Waals surface area contributed by atoms with Crippen molar-refractivity contribution in [3.8, 4) is 5.75 Å². The van der Waals surface area contributed by atoms with Crippen molar-refractivity contribution in [2.75, 3.05) is 30.3 Å². The van der Waals surface area contributed by atoms with E-state index in [0.717, 1.165) is 13.1 Å². The lowest BCUT2D eigenvalue weighted by Crippen LogP contribution is -2.34. The fourth-order valence-electron chi connectivity index (χ4n) is 3.76. The van der Waals surface area contributed by atoms with Gasteiger partial charge in [-0.2, -0.15) is 0 Å². The fourth-order valence-corrected chi connectivity index (χ4v) is 3.87. The smallest absolute Gasteiger partial charge is 0.341 e. The lowest BCUT2D eigenvalue weighted by atomic mass is 10.1. The summed E-state index contributed by atoms with van der Waals surface area (Å²) in [7, 11) is 0. The number of ether oxygens (including phenoxy) is 1. The second-order valence-electron chi connectivity index (χ2n) is 9.02. The number of benzene rings is 1. The van der Waals surface area contributed by atoms with E-state index in [-0.39, 0.29) is 28.7 Å². The summed E-state index contributed by atoms with van der Waals surface area (Å²) in [5.74, 6) is -1.10. The van der Waals surface area contributed by atoms with Crippen LogP contribution in [0.2, 0.25) is 5.02 Å². The van der Waals surface area contributed by atoms with Crippen molar-refractivity contribution in [2.45, 2.75) is 46.0 Å². The molecule has 12 heteroatoms. The Morgan fingerprint density at radius 2 is 1.90 bits per heavy atom. The van der Waals surface area contributed by atoms with Gasteiger partial charge >= 0.3 is 5.97 Å². The molecule has 1 aromatic carbocycles. The molecule has 2 aromatic rings. The first-order valence-corrected chi connectivity index (χ1v) is 13.5. The molecule has 10 nitrogen and oxygen atoms in total. The Balaban J connectivity index is 0.000000408. The fraction of sp³-hybridized carbons (Fsp3) is 0.345. The topological polar surface area (TPSA) is 145 Å². The van der Waals surface area contributed by atoms with Crippen LogP contribution in [0.3, 0.4) is 0 Å². The minimum Gasteiger partial charge on any atom is -0.482 e. The first-order chi connectivity index (χ1) is 19.6. The van der Waals surface area contributed by atoms with Crippen molar-refractivity contribution in [1.82, 2.24) is 9.88 Å². The second-order valence-corrected chi connectivity index (χ2v) is 9.45. The molecular formula is C29H35ClFN5O5. The number of piperidine rings is 1. The Morgan fingerprint density at radius 1 is 1.17 bits per heavy atom. The van der Waals surface area contributed by atoms with Gasteiger partial charge < -0.3 is 25.4 Å². The van der Waals surface area contributed by atoms with Crippen LogP contribution in [-0.4, -0.2) is 58.3 Å². The molecular weight excluding hydrogens is 553 g/mol. The summed E-state index contributed by atoms with van der Waals surface area (Å²) in [5, 5.41) is 22.1. The van der Waals surface area contributed by atoms with Gasteiger partial charge in [0.2, 0.25) is 0 Å². The van der Waals surface area contributed by atoms with Gasteiger partial charge in [-0.25, -0.2) is 14.2 Å². The minimum absolute atomic E-state index is 0.0855. The number of allylic oxidation sites excluding steroid dienone is 1. The van der Waals surface area contributed by atoms with Gasteiger partial charge in [-0.3, -0.25) is 15.0 Å². The summed E-state index contributed by atoms with van der Waals surface area (Å²) >= 11 is 5.79. The number of aliphatic carboxylic acids is 1. The van der Waals surface area contributed by atoms with E-state index in [1.54, 1.807) is 19.1 Å². The number of carbonyl (C=O) groups excluding carboxylic acids is 2. The summed E-state index contributed by atoms with van der Waals surface area (Å²) in [6.07, 6.45) is 9.76. The van der Waals surface area contributed by atoms with Gasteiger partial charge in [0.05, 0.1) is 28.4 Å². The number of amides is 2. The number of nitrogens with zero attached hydrogens (tertiary/aromatic N) is 2. The third-order valence-corrected chi connectivity index (χ3v) is 6.05. The first-order valence-electron chi connectivity index (χ1n) is 13.1. The third-order valence-electron chi connectivity index (χ3n) is 5.82. The van der Waals surface area contributed by atoms with Gasteiger partial charge in [-0.1, -0.05) is 24.6 Å². The van der Waals surface area contributed by atoms with Crippen molar-refractivity contribution < 1.29 is 28.6 Å². The van der Waals surface area contributed by atoms with Crippen LogP contribution >= 0.6 is 11.6 Å². The number of rotatable bonds is 10. The van der Waals surface area contributed by atoms with Gasteiger partial charge in [-0.15, -0.1) is 0 Å². The third kappa shape index (κ3) is 11.8. The molecule has 1 aliphatic rings. The zero-order valence-electron chi connectivity index (χ0n) is 23.1. The lowest BCUT2D eigenvalue weighted by Gasteiger charge is -2.28. The van der Waals surface area contributed by atoms with Crippen molar-refractivity contribution in [2.24, 2.45) is 0 Å². The first kappa shape index (κ1) is 33.0. The molecule has 4 N–H and O–H groups in total. The Hall–Kier alpha value is -4.25. The zero-order chi connectivity index (χ0) is 30.2. The van der Waals surface area contributed by atoms with E-state index in [2.05, 4.69) is 15.6 Å². The molecule has 1 fully saturated rings. The summed E-state index contributed by atoms with van der Waals surface area (Å²) in [6, 6.07) is 7.38. The summed E-state index contributed by atoms with van der Waals surface area (Å²) < 4.78 is 16.8. The summed E-state index contributed by atoms with van der Waals surface area (Å²) in [6.45, 7) is 4.95. The number of likely N-dealkylation sites (tertiary alicyclic amines) is 1. The maximum Gasteiger partial charge on any atom is 0.341 e. The van der Waals surface area contributed by atoms with Gasteiger partial charge in [-0.05, 0) is 69.0 Å². The van der Waals surface area contributed by atoms with E-state index in [1.807, 2.05) is 11.8 Å². The van der Waals surface area contributed by atoms with Gasteiger partial charge in [0.1, 0.15) is 11.6 Å². The van der Waals surface area contributed by atoms with Crippen LogP contribution in [-0.2, 0) is 9.59 Å². The van der Waals surface area contributed by atoms with Crippen LogP contribution in [0.1, 0.15) is 56.3 Å². The Morgan fingerprint density at radius 3 is 2.51 bits per heavy atom. The SMILES string of the molecule is CC/C=C(\C)C(=O)Nc1ccc(OCC(=O)O)cc1C(=O)Nc1ccc(Cl)cn1.N=C(C/C=C/F)N1CCCCC1. The van der Waals surface area contributed by atoms with E-state index in [1.165, 1.54) is 55.8 Å². The van der Waals surface area contributed by atoms with Gasteiger partial charge in [0, 0.05) is 31.3 Å². The molecule has 0 radical (unpaired) electrons. The molecule has 2 heterocycles. The molecule has 1 aliphatic heterocycles. The molecule has 0 spiro atoms. The van der Waals surface area contributed by atoms with E-state index in [9.17, 15) is 18.8 Å². The van der Waals surface area contributed by atoms with Gasteiger partial charge in [0.15, 0.2) is 6.61 Å². The predicted molar refractivity (Wildman–Crippen MR) is 157 cm³/mol. The van der Waals surface area contributed by atoms with E-state index in [0.29, 0.717) is 35.6 Å². The number of carboxylic acids is 1. The summed E-state index contributed by atoms with van der Waals surface area (Å²) in [4.78, 5) is 41.8. The van der Waals surface area contributed by atoms with Crippen LogP contribution in [0.25, 0.3) is 0 Å². The number of nitrogens with one attached hydrogen (secondary N) is 3. The van der Waals surface area contributed by atoms with Crippen LogP contribution in [0, 0.1) is 5.41 Å². The van der Waals surface area contributed by atoms with Crippen molar-refractivity contribution >= 4 is 46.7 Å². The number of hydrogen-bond donors (Lipinski definition) is 4. The molecule has 0 unspecified atom stereocenters. The zero-order valence-corrected chi connectivity index (χ0v) is 23.8. The number of aromatic nitrogens is 1. The maximum absolute atomic E-state index is 12.8. The van der Waals surface area contributed by atoms with Crippen LogP contribution in [0.15, 0.2) is 60.6 Å². The molecule has 220 valence electrons. The lowest BCUT2D eigenvalue weighted by molar-refractivity contribution is -0.139. The summed E-state index contributed by atoms with van der Waals surface area (Å²) in [5.41, 5.74) is 0.833. The molecule has 0 atom stereocenters. The number of amidine groups is 1.